The second kappa shape index (κ2) is 9.92. The van der Waals surface area contributed by atoms with E-state index in [1.165, 1.54) is 28.6 Å². The number of carbonyl (C=O) groups excluding carboxylic acids is 1. The highest BCUT2D eigenvalue weighted by molar-refractivity contribution is 7.89. The number of amides is 1. The number of halogens is 2. The summed E-state index contributed by atoms with van der Waals surface area (Å²) in [6, 6.07) is 9.78. The second-order valence-corrected chi connectivity index (χ2v) is 9.53. The van der Waals surface area contributed by atoms with Crippen LogP contribution in [0.1, 0.15) is 18.4 Å². The number of benzene rings is 2. The minimum atomic E-state index is -3.90. The zero-order chi connectivity index (χ0) is 23.4. The molecule has 0 saturated carbocycles. The summed E-state index contributed by atoms with van der Waals surface area (Å²) in [5, 5.41) is 2.78. The monoisotopic (exact) mass is 482 g/mol. The van der Waals surface area contributed by atoms with E-state index in [0.29, 0.717) is 44.0 Å². The number of hydrogen-bond donors (Lipinski definition) is 1. The highest BCUT2D eigenvalue weighted by Crippen LogP contribution is 2.34. The van der Waals surface area contributed by atoms with Gasteiger partial charge < -0.3 is 19.5 Å². The van der Waals surface area contributed by atoms with Crippen molar-refractivity contribution in [3.63, 3.8) is 0 Å². The summed E-state index contributed by atoms with van der Waals surface area (Å²) in [5.74, 6) is 0.548. The molecule has 178 valence electrons. The van der Waals surface area contributed by atoms with Crippen LogP contribution in [-0.2, 0) is 21.2 Å². The molecule has 1 fully saturated rings. The lowest BCUT2D eigenvalue weighted by atomic mass is 10.1. The molecule has 0 spiro atoms. The molecule has 0 aliphatic carbocycles. The summed E-state index contributed by atoms with van der Waals surface area (Å²) in [6.07, 6.45) is 1.46. The number of alkyl halides is 2. The first kappa shape index (κ1) is 23.2. The molecule has 4 rings (SSSR count). The van der Waals surface area contributed by atoms with Crippen molar-refractivity contribution >= 4 is 15.9 Å². The molecule has 2 heterocycles. The SMILES string of the molecule is O=C(NCCc1ccc(OC(F)F)cc1)C1CCCN1S(=O)(=O)c1ccc2c(c1)OCCO2. The average Bonchev–Trinajstić information content (AvgIpc) is 3.31. The Kier molecular flexibility index (Phi) is 6.99. The second-order valence-electron chi connectivity index (χ2n) is 7.64. The van der Waals surface area contributed by atoms with Gasteiger partial charge in [0.05, 0.1) is 4.90 Å². The van der Waals surface area contributed by atoms with Gasteiger partial charge in [-0.05, 0) is 49.1 Å². The molecule has 1 atom stereocenters. The predicted octanol–water partition coefficient (Wildman–Crippen LogP) is 2.57. The minimum absolute atomic E-state index is 0.0533. The maximum absolute atomic E-state index is 13.2. The molecular weight excluding hydrogens is 458 g/mol. The number of hydrogen-bond acceptors (Lipinski definition) is 6. The fourth-order valence-corrected chi connectivity index (χ4v) is 5.57. The molecule has 33 heavy (non-hydrogen) atoms. The van der Waals surface area contributed by atoms with Crippen LogP contribution in [0.3, 0.4) is 0 Å². The fraction of sp³-hybridized carbons (Fsp3) is 0.409. The molecule has 0 bridgehead atoms. The summed E-state index contributed by atoms with van der Waals surface area (Å²) in [5.41, 5.74) is 0.823. The van der Waals surface area contributed by atoms with Gasteiger partial charge in [-0.15, -0.1) is 0 Å². The Morgan fingerprint density at radius 3 is 2.58 bits per heavy atom. The van der Waals surface area contributed by atoms with E-state index < -0.39 is 22.7 Å². The van der Waals surface area contributed by atoms with Crippen LogP contribution >= 0.6 is 0 Å². The summed E-state index contributed by atoms with van der Waals surface area (Å²) in [4.78, 5) is 12.8. The third-order valence-electron chi connectivity index (χ3n) is 5.49. The van der Waals surface area contributed by atoms with E-state index in [1.54, 1.807) is 18.2 Å². The average molecular weight is 483 g/mol. The van der Waals surface area contributed by atoms with Crippen molar-refractivity contribution in [3.05, 3.63) is 48.0 Å². The zero-order valence-corrected chi connectivity index (χ0v) is 18.5. The Labute approximate surface area is 190 Å². The highest BCUT2D eigenvalue weighted by atomic mass is 32.2. The smallest absolute Gasteiger partial charge is 0.387 e. The first-order valence-electron chi connectivity index (χ1n) is 10.6. The molecule has 1 amide bonds. The van der Waals surface area contributed by atoms with Crippen molar-refractivity contribution in [1.29, 1.82) is 0 Å². The Bertz CT molecular complexity index is 1090. The van der Waals surface area contributed by atoms with E-state index in [0.717, 1.165) is 5.56 Å². The van der Waals surface area contributed by atoms with Gasteiger partial charge in [-0.3, -0.25) is 4.79 Å². The predicted molar refractivity (Wildman–Crippen MR) is 114 cm³/mol. The molecule has 1 unspecified atom stereocenters. The molecule has 0 aromatic heterocycles. The molecule has 2 aliphatic rings. The minimum Gasteiger partial charge on any atom is -0.486 e. The lowest BCUT2D eigenvalue weighted by molar-refractivity contribution is -0.124. The third-order valence-corrected chi connectivity index (χ3v) is 7.39. The van der Waals surface area contributed by atoms with Gasteiger partial charge in [0.15, 0.2) is 11.5 Å². The lowest BCUT2D eigenvalue weighted by Gasteiger charge is -2.24. The molecule has 2 aliphatic heterocycles. The quantitative estimate of drug-likeness (QED) is 0.622. The van der Waals surface area contributed by atoms with Crippen molar-refractivity contribution < 1.29 is 36.2 Å². The molecular formula is C22H24F2N2O6S. The first-order valence-corrected chi connectivity index (χ1v) is 12.0. The summed E-state index contributed by atoms with van der Waals surface area (Å²) in [6.45, 7) is -1.61. The zero-order valence-electron chi connectivity index (χ0n) is 17.7. The van der Waals surface area contributed by atoms with Crippen LogP contribution in [0.15, 0.2) is 47.4 Å². The Hall–Kier alpha value is -2.92. The number of nitrogens with one attached hydrogen (secondary N) is 1. The van der Waals surface area contributed by atoms with Crippen molar-refractivity contribution in [1.82, 2.24) is 9.62 Å². The largest absolute Gasteiger partial charge is 0.486 e. The normalized spacial score (nSPS) is 18.3. The molecule has 2 aromatic rings. The van der Waals surface area contributed by atoms with Gasteiger partial charge >= 0.3 is 6.61 Å². The van der Waals surface area contributed by atoms with Gasteiger partial charge in [-0.1, -0.05) is 12.1 Å². The lowest BCUT2D eigenvalue weighted by Crippen LogP contribution is -2.46. The van der Waals surface area contributed by atoms with Crippen molar-refractivity contribution in [2.24, 2.45) is 0 Å². The van der Waals surface area contributed by atoms with E-state index in [1.807, 2.05) is 0 Å². The number of nitrogens with zero attached hydrogens (tertiary/aromatic N) is 1. The van der Waals surface area contributed by atoms with Gasteiger partial charge in [0.2, 0.25) is 15.9 Å². The molecule has 0 radical (unpaired) electrons. The molecule has 11 heteroatoms. The van der Waals surface area contributed by atoms with Crippen molar-refractivity contribution in [2.75, 3.05) is 26.3 Å². The van der Waals surface area contributed by atoms with Gasteiger partial charge in [-0.25, -0.2) is 8.42 Å². The molecule has 1 saturated heterocycles. The highest BCUT2D eigenvalue weighted by Gasteiger charge is 2.39. The Morgan fingerprint density at radius 2 is 1.85 bits per heavy atom. The number of ether oxygens (including phenoxy) is 3. The van der Waals surface area contributed by atoms with E-state index in [2.05, 4.69) is 10.1 Å². The Morgan fingerprint density at radius 1 is 1.12 bits per heavy atom. The van der Waals surface area contributed by atoms with E-state index in [4.69, 9.17) is 9.47 Å². The van der Waals surface area contributed by atoms with Crippen LogP contribution < -0.4 is 19.5 Å². The van der Waals surface area contributed by atoms with Crippen LogP contribution in [0.4, 0.5) is 8.78 Å². The van der Waals surface area contributed by atoms with Crippen LogP contribution in [0.5, 0.6) is 17.2 Å². The summed E-state index contributed by atoms with van der Waals surface area (Å²) in [7, 11) is -3.90. The first-order chi connectivity index (χ1) is 15.8. The van der Waals surface area contributed by atoms with Gasteiger partial charge in [-0.2, -0.15) is 13.1 Å². The third kappa shape index (κ3) is 5.36. The van der Waals surface area contributed by atoms with Crippen molar-refractivity contribution in [3.8, 4) is 17.2 Å². The van der Waals surface area contributed by atoms with Gasteiger partial charge in [0.1, 0.15) is 25.0 Å². The van der Waals surface area contributed by atoms with Crippen LogP contribution in [0.2, 0.25) is 0 Å². The van der Waals surface area contributed by atoms with E-state index >= 15 is 0 Å². The maximum atomic E-state index is 13.2. The molecule has 8 nitrogen and oxygen atoms in total. The van der Waals surface area contributed by atoms with Gasteiger partial charge in [0, 0.05) is 19.2 Å². The summed E-state index contributed by atoms with van der Waals surface area (Å²) >= 11 is 0. The topological polar surface area (TPSA) is 94.2 Å². The van der Waals surface area contributed by atoms with Crippen molar-refractivity contribution in [2.45, 2.75) is 36.8 Å². The van der Waals surface area contributed by atoms with Crippen LogP contribution in [-0.4, -0.2) is 57.6 Å². The molecule has 2 aromatic carbocycles. The van der Waals surface area contributed by atoms with E-state index in [9.17, 15) is 22.0 Å². The Balaban J connectivity index is 1.37. The number of rotatable bonds is 8. The standard InChI is InChI=1S/C22H24F2N2O6S/c23-22(24)32-16-5-3-15(4-6-16)9-10-25-21(27)18-2-1-11-26(18)33(28,29)17-7-8-19-20(14-17)31-13-12-30-19/h3-8,14,18,22H,1-2,9-13H2,(H,25,27). The number of carbonyl (C=O) groups is 1. The number of fused-ring (bicyclic) bond motifs is 1. The van der Waals surface area contributed by atoms with Gasteiger partial charge in [0.25, 0.3) is 0 Å². The maximum Gasteiger partial charge on any atom is 0.387 e. The van der Waals surface area contributed by atoms with Crippen LogP contribution in [0.25, 0.3) is 0 Å². The summed E-state index contributed by atoms with van der Waals surface area (Å²) < 4.78 is 67.4. The molecule has 1 N–H and O–H groups in total. The number of sulfonamides is 1. The fourth-order valence-electron chi connectivity index (χ4n) is 3.89. The van der Waals surface area contributed by atoms with E-state index in [-0.39, 0.29) is 29.6 Å². The van der Waals surface area contributed by atoms with Crippen LogP contribution in [0, 0.1) is 0 Å².